The Morgan fingerprint density at radius 1 is 1.38 bits per heavy atom. The summed E-state index contributed by atoms with van der Waals surface area (Å²) in [7, 11) is 2.16. The van der Waals surface area contributed by atoms with E-state index in [1.54, 1.807) is 0 Å². The quantitative estimate of drug-likeness (QED) is 0.757. The van der Waals surface area contributed by atoms with Crippen molar-refractivity contribution in [2.45, 2.75) is 12.3 Å². The molecule has 1 fully saturated rings. The molecule has 0 aromatic carbocycles. The van der Waals surface area contributed by atoms with Gasteiger partial charge in [-0.2, -0.15) is 0 Å². The van der Waals surface area contributed by atoms with E-state index in [0.717, 1.165) is 17.2 Å². The largest absolute Gasteiger partial charge is 0.306 e. The predicted molar refractivity (Wildman–Crippen MR) is 65.1 cm³/mol. The molecule has 1 unspecified atom stereocenters. The lowest BCUT2D eigenvalue weighted by Crippen LogP contribution is -2.13. The first-order valence-corrected chi connectivity index (χ1v) is 5.93. The van der Waals surface area contributed by atoms with Crippen LogP contribution in [0.1, 0.15) is 18.0 Å². The second-order valence-electron chi connectivity index (χ2n) is 4.53. The van der Waals surface area contributed by atoms with Gasteiger partial charge in [0.1, 0.15) is 5.65 Å². The molecule has 0 radical (unpaired) electrons. The van der Waals surface area contributed by atoms with Crippen LogP contribution in [0.4, 0.5) is 0 Å². The van der Waals surface area contributed by atoms with Gasteiger partial charge in [-0.1, -0.05) is 11.6 Å². The Morgan fingerprint density at radius 2 is 2.25 bits per heavy atom. The molecule has 84 valence electrons. The van der Waals surface area contributed by atoms with Crippen molar-refractivity contribution < 1.29 is 0 Å². The zero-order valence-corrected chi connectivity index (χ0v) is 9.98. The number of hydrogen-bond acceptors (Lipinski definition) is 2. The van der Waals surface area contributed by atoms with Crippen LogP contribution < -0.4 is 0 Å². The monoisotopic (exact) mass is 235 g/mol. The first-order valence-electron chi connectivity index (χ1n) is 5.55. The van der Waals surface area contributed by atoms with Crippen LogP contribution in [-0.2, 0) is 0 Å². The third kappa shape index (κ3) is 1.70. The van der Waals surface area contributed by atoms with Crippen LogP contribution in [0, 0.1) is 0 Å². The minimum Gasteiger partial charge on any atom is -0.306 e. The number of nitrogens with zero attached hydrogens (tertiary/aromatic N) is 3. The number of hydrogen-bond donors (Lipinski definition) is 0. The Bertz CT molecular complexity index is 520. The average Bonchev–Trinajstić information content (AvgIpc) is 2.83. The Hall–Kier alpha value is -1.06. The third-order valence-electron chi connectivity index (χ3n) is 3.24. The van der Waals surface area contributed by atoms with Crippen molar-refractivity contribution in [3.05, 3.63) is 35.2 Å². The lowest BCUT2D eigenvalue weighted by molar-refractivity contribution is 0.411. The van der Waals surface area contributed by atoms with Gasteiger partial charge in [-0.15, -0.1) is 0 Å². The molecule has 1 saturated heterocycles. The minimum absolute atomic E-state index is 0.573. The number of aromatic nitrogens is 2. The summed E-state index contributed by atoms with van der Waals surface area (Å²) in [6.07, 6.45) is 5.21. The average molecular weight is 236 g/mol. The molecule has 3 heterocycles. The van der Waals surface area contributed by atoms with Gasteiger partial charge in [0.15, 0.2) is 0 Å². The lowest BCUT2D eigenvalue weighted by Gasteiger charge is -2.06. The predicted octanol–water partition coefficient (Wildman–Crippen LogP) is 2.41. The molecule has 3 nitrogen and oxygen atoms in total. The van der Waals surface area contributed by atoms with E-state index in [9.17, 15) is 0 Å². The normalized spacial score (nSPS) is 22.0. The first kappa shape index (κ1) is 10.1. The second-order valence-corrected chi connectivity index (χ2v) is 4.96. The zero-order valence-electron chi connectivity index (χ0n) is 9.23. The molecule has 3 rings (SSSR count). The Kier molecular flexibility index (Phi) is 2.37. The summed E-state index contributed by atoms with van der Waals surface area (Å²) >= 11 is 5.95. The van der Waals surface area contributed by atoms with Crippen LogP contribution in [0.15, 0.2) is 24.5 Å². The third-order valence-corrected chi connectivity index (χ3v) is 3.47. The van der Waals surface area contributed by atoms with Crippen molar-refractivity contribution in [2.75, 3.05) is 20.1 Å². The summed E-state index contributed by atoms with van der Waals surface area (Å²) in [5.41, 5.74) is 2.17. The summed E-state index contributed by atoms with van der Waals surface area (Å²) < 4.78 is 2.01. The number of pyridine rings is 1. The molecule has 0 spiro atoms. The standard InChI is InChI=1S/C12H14ClN3/c1-15-5-4-9(6-15)11-8-16-7-10(13)2-3-12(16)14-11/h2-3,7-9H,4-6H2,1H3. The zero-order chi connectivity index (χ0) is 11.1. The van der Waals surface area contributed by atoms with Crippen molar-refractivity contribution in [1.82, 2.24) is 14.3 Å². The van der Waals surface area contributed by atoms with Crippen molar-refractivity contribution in [3.8, 4) is 0 Å². The highest BCUT2D eigenvalue weighted by molar-refractivity contribution is 6.30. The number of fused-ring (bicyclic) bond motifs is 1. The van der Waals surface area contributed by atoms with Crippen molar-refractivity contribution in [3.63, 3.8) is 0 Å². The molecular weight excluding hydrogens is 222 g/mol. The summed E-state index contributed by atoms with van der Waals surface area (Å²) in [6.45, 7) is 2.27. The van der Waals surface area contributed by atoms with E-state index < -0.39 is 0 Å². The molecule has 2 aromatic rings. The summed E-state index contributed by atoms with van der Waals surface area (Å²) in [5.74, 6) is 0.573. The van der Waals surface area contributed by atoms with Gasteiger partial charge in [0, 0.05) is 24.9 Å². The molecule has 1 aliphatic heterocycles. The van der Waals surface area contributed by atoms with E-state index in [1.807, 2.05) is 22.7 Å². The van der Waals surface area contributed by atoms with Gasteiger partial charge < -0.3 is 9.30 Å². The summed E-state index contributed by atoms with van der Waals surface area (Å²) in [6, 6.07) is 3.85. The van der Waals surface area contributed by atoms with Gasteiger partial charge in [0.05, 0.1) is 10.7 Å². The van der Waals surface area contributed by atoms with Gasteiger partial charge in [-0.25, -0.2) is 4.98 Å². The number of likely N-dealkylation sites (tertiary alicyclic amines) is 1. The van der Waals surface area contributed by atoms with Gasteiger partial charge in [0.25, 0.3) is 0 Å². The Morgan fingerprint density at radius 3 is 3.00 bits per heavy atom. The van der Waals surface area contributed by atoms with E-state index in [0.29, 0.717) is 5.92 Å². The number of likely N-dealkylation sites (N-methyl/N-ethyl adjacent to an activating group) is 1. The molecular formula is C12H14ClN3. The fraction of sp³-hybridized carbons (Fsp3) is 0.417. The van der Waals surface area contributed by atoms with Gasteiger partial charge in [0.2, 0.25) is 0 Å². The Balaban J connectivity index is 1.99. The van der Waals surface area contributed by atoms with Crippen molar-refractivity contribution in [1.29, 1.82) is 0 Å². The van der Waals surface area contributed by atoms with Crippen LogP contribution in [-0.4, -0.2) is 34.4 Å². The highest BCUT2D eigenvalue weighted by Gasteiger charge is 2.23. The van der Waals surface area contributed by atoms with E-state index >= 15 is 0 Å². The second kappa shape index (κ2) is 3.75. The van der Waals surface area contributed by atoms with Crippen LogP contribution in [0.5, 0.6) is 0 Å². The molecule has 0 bridgehead atoms. The van der Waals surface area contributed by atoms with Gasteiger partial charge >= 0.3 is 0 Å². The maximum Gasteiger partial charge on any atom is 0.137 e. The maximum atomic E-state index is 5.95. The van der Waals surface area contributed by atoms with E-state index in [-0.39, 0.29) is 0 Å². The number of halogens is 1. The number of rotatable bonds is 1. The topological polar surface area (TPSA) is 20.5 Å². The molecule has 1 atom stereocenters. The molecule has 1 aliphatic rings. The SMILES string of the molecule is CN1CCC(c2cn3cc(Cl)ccc3n2)C1. The molecule has 0 amide bonds. The molecule has 0 N–H and O–H groups in total. The van der Waals surface area contributed by atoms with Crippen LogP contribution in [0.3, 0.4) is 0 Å². The van der Waals surface area contributed by atoms with E-state index in [4.69, 9.17) is 11.6 Å². The molecule has 0 saturated carbocycles. The fourth-order valence-electron chi connectivity index (χ4n) is 2.36. The molecule has 16 heavy (non-hydrogen) atoms. The smallest absolute Gasteiger partial charge is 0.137 e. The number of imidazole rings is 1. The molecule has 0 aliphatic carbocycles. The highest BCUT2D eigenvalue weighted by atomic mass is 35.5. The maximum absolute atomic E-state index is 5.95. The van der Waals surface area contributed by atoms with Gasteiger partial charge in [-0.3, -0.25) is 0 Å². The Labute approximate surface area is 99.7 Å². The van der Waals surface area contributed by atoms with Crippen LogP contribution in [0.2, 0.25) is 5.02 Å². The summed E-state index contributed by atoms with van der Waals surface area (Å²) in [4.78, 5) is 7.00. The van der Waals surface area contributed by atoms with Crippen molar-refractivity contribution in [2.24, 2.45) is 0 Å². The van der Waals surface area contributed by atoms with Crippen molar-refractivity contribution >= 4 is 17.2 Å². The summed E-state index contributed by atoms with van der Waals surface area (Å²) in [5, 5.41) is 0.750. The van der Waals surface area contributed by atoms with Crippen LogP contribution in [0.25, 0.3) is 5.65 Å². The fourth-order valence-corrected chi connectivity index (χ4v) is 2.53. The van der Waals surface area contributed by atoms with E-state index in [2.05, 4.69) is 23.1 Å². The van der Waals surface area contributed by atoms with E-state index in [1.165, 1.54) is 18.7 Å². The first-order chi connectivity index (χ1) is 7.72. The molecule has 4 heteroatoms. The highest BCUT2D eigenvalue weighted by Crippen LogP contribution is 2.26. The minimum atomic E-state index is 0.573. The lowest BCUT2D eigenvalue weighted by atomic mass is 10.1. The van der Waals surface area contributed by atoms with Gasteiger partial charge in [-0.05, 0) is 32.1 Å². The van der Waals surface area contributed by atoms with Crippen LogP contribution >= 0.6 is 11.6 Å². The molecule has 2 aromatic heterocycles.